The first-order chi connectivity index (χ1) is 12.5. The molecule has 138 valence electrons. The molecule has 1 amide bonds. The third-order valence-electron chi connectivity index (χ3n) is 4.26. The molecule has 1 aromatic heterocycles. The Kier molecular flexibility index (Phi) is 5.84. The van der Waals surface area contributed by atoms with Crippen LogP contribution in [0.2, 0.25) is 5.02 Å². The van der Waals surface area contributed by atoms with E-state index in [1.807, 2.05) is 12.1 Å². The standard InChI is InChI=1S/C18H19Cl2N3O3/c1-2-26-18(25)17-14-11-22(16(24)7-9-19)10-8-15(14)23(21-17)13-5-3-12(20)4-6-13/h3-6H,2,7-11H2,1H3. The molecule has 0 atom stereocenters. The maximum absolute atomic E-state index is 12.4. The van der Waals surface area contributed by atoms with Crippen molar-refractivity contribution in [1.29, 1.82) is 0 Å². The van der Waals surface area contributed by atoms with Crippen LogP contribution in [0.4, 0.5) is 0 Å². The highest BCUT2D eigenvalue weighted by molar-refractivity contribution is 6.30. The molecule has 3 rings (SSSR count). The van der Waals surface area contributed by atoms with Crippen molar-refractivity contribution in [3.8, 4) is 5.69 Å². The van der Waals surface area contributed by atoms with E-state index >= 15 is 0 Å². The number of alkyl halides is 1. The van der Waals surface area contributed by atoms with Gasteiger partial charge in [0.1, 0.15) is 0 Å². The molecule has 2 aromatic rings. The van der Waals surface area contributed by atoms with Gasteiger partial charge in [-0.2, -0.15) is 5.10 Å². The second kappa shape index (κ2) is 8.10. The molecule has 1 aromatic carbocycles. The Balaban J connectivity index is 2.01. The van der Waals surface area contributed by atoms with Crippen LogP contribution in [-0.4, -0.2) is 45.6 Å². The molecule has 8 heteroatoms. The highest BCUT2D eigenvalue weighted by Crippen LogP contribution is 2.27. The number of hydrogen-bond acceptors (Lipinski definition) is 4. The van der Waals surface area contributed by atoms with Gasteiger partial charge < -0.3 is 9.64 Å². The maximum atomic E-state index is 12.4. The van der Waals surface area contributed by atoms with Crippen molar-refractivity contribution in [2.75, 3.05) is 19.0 Å². The Morgan fingerprint density at radius 2 is 2.00 bits per heavy atom. The first kappa shape index (κ1) is 18.7. The summed E-state index contributed by atoms with van der Waals surface area (Å²) in [6, 6.07) is 7.23. The number of rotatable bonds is 5. The molecule has 0 radical (unpaired) electrons. The number of nitrogens with zero attached hydrogens (tertiary/aromatic N) is 3. The number of hydrogen-bond donors (Lipinski definition) is 0. The van der Waals surface area contributed by atoms with Gasteiger partial charge in [0.2, 0.25) is 5.91 Å². The summed E-state index contributed by atoms with van der Waals surface area (Å²) in [5.74, 6) is -0.237. The van der Waals surface area contributed by atoms with Gasteiger partial charge in [-0.1, -0.05) is 11.6 Å². The summed E-state index contributed by atoms with van der Waals surface area (Å²) in [5, 5.41) is 5.11. The number of benzene rings is 1. The van der Waals surface area contributed by atoms with E-state index in [1.165, 1.54) is 0 Å². The van der Waals surface area contributed by atoms with Crippen molar-refractivity contribution in [3.05, 3.63) is 46.2 Å². The molecule has 1 aliphatic heterocycles. The zero-order valence-corrected chi connectivity index (χ0v) is 15.9. The molecule has 0 spiro atoms. The fourth-order valence-corrected chi connectivity index (χ4v) is 3.32. The zero-order chi connectivity index (χ0) is 18.7. The van der Waals surface area contributed by atoms with E-state index in [-0.39, 0.29) is 30.5 Å². The van der Waals surface area contributed by atoms with Crippen molar-refractivity contribution in [1.82, 2.24) is 14.7 Å². The van der Waals surface area contributed by atoms with E-state index in [0.717, 1.165) is 16.9 Å². The molecule has 6 nitrogen and oxygen atoms in total. The van der Waals surface area contributed by atoms with Gasteiger partial charge in [-0.25, -0.2) is 9.48 Å². The summed E-state index contributed by atoms with van der Waals surface area (Å²) < 4.78 is 6.88. The highest BCUT2D eigenvalue weighted by Gasteiger charge is 2.30. The van der Waals surface area contributed by atoms with Gasteiger partial charge in [0.15, 0.2) is 5.69 Å². The summed E-state index contributed by atoms with van der Waals surface area (Å²) in [7, 11) is 0. The van der Waals surface area contributed by atoms with E-state index in [4.69, 9.17) is 27.9 Å². The van der Waals surface area contributed by atoms with Gasteiger partial charge in [-0.05, 0) is 31.2 Å². The molecule has 0 unspecified atom stereocenters. The fourth-order valence-electron chi connectivity index (χ4n) is 3.03. The minimum Gasteiger partial charge on any atom is -0.461 e. The average molecular weight is 396 g/mol. The topological polar surface area (TPSA) is 64.4 Å². The Bertz CT molecular complexity index is 818. The van der Waals surface area contributed by atoms with Crippen LogP contribution in [-0.2, 0) is 22.5 Å². The lowest BCUT2D eigenvalue weighted by Crippen LogP contribution is -2.36. The van der Waals surface area contributed by atoms with Crippen molar-refractivity contribution in [3.63, 3.8) is 0 Å². The number of aromatic nitrogens is 2. The van der Waals surface area contributed by atoms with Gasteiger partial charge in [0.05, 0.1) is 18.0 Å². The first-order valence-corrected chi connectivity index (χ1v) is 9.34. The minimum absolute atomic E-state index is 0.0281. The van der Waals surface area contributed by atoms with Gasteiger partial charge in [0, 0.05) is 42.4 Å². The molecule has 0 saturated carbocycles. The quantitative estimate of drug-likeness (QED) is 0.575. The van der Waals surface area contributed by atoms with Gasteiger partial charge in [-0.15, -0.1) is 11.6 Å². The third-order valence-corrected chi connectivity index (χ3v) is 4.70. The van der Waals surface area contributed by atoms with Crippen LogP contribution in [0, 0.1) is 0 Å². The molecule has 0 fully saturated rings. The molecule has 0 aliphatic carbocycles. The van der Waals surface area contributed by atoms with E-state index < -0.39 is 5.97 Å². The number of amides is 1. The molecular weight excluding hydrogens is 377 g/mol. The summed E-state index contributed by atoms with van der Waals surface area (Å²) in [5.41, 5.74) is 2.69. The molecule has 26 heavy (non-hydrogen) atoms. The SMILES string of the molecule is CCOC(=O)c1nn(-c2ccc(Cl)cc2)c2c1CN(C(=O)CCCl)CC2. The van der Waals surface area contributed by atoms with Crippen molar-refractivity contribution in [2.24, 2.45) is 0 Å². The average Bonchev–Trinajstić information content (AvgIpc) is 3.02. The second-order valence-electron chi connectivity index (χ2n) is 5.89. The number of fused-ring (bicyclic) bond motifs is 1. The third kappa shape index (κ3) is 3.71. The molecule has 1 aliphatic rings. The predicted octanol–water partition coefficient (Wildman–Crippen LogP) is 3.22. The number of esters is 1. The number of ether oxygens (including phenoxy) is 1. The predicted molar refractivity (Wildman–Crippen MR) is 99.0 cm³/mol. The second-order valence-corrected chi connectivity index (χ2v) is 6.70. The smallest absolute Gasteiger partial charge is 0.359 e. The zero-order valence-electron chi connectivity index (χ0n) is 14.4. The van der Waals surface area contributed by atoms with Gasteiger partial charge in [-0.3, -0.25) is 4.79 Å². The van der Waals surface area contributed by atoms with Crippen LogP contribution in [0.15, 0.2) is 24.3 Å². The van der Waals surface area contributed by atoms with Crippen LogP contribution in [0.1, 0.15) is 35.1 Å². The monoisotopic (exact) mass is 395 g/mol. The van der Waals surface area contributed by atoms with Crippen LogP contribution < -0.4 is 0 Å². The summed E-state index contributed by atoms with van der Waals surface area (Å²) in [6.07, 6.45) is 0.870. The van der Waals surface area contributed by atoms with Crippen LogP contribution in [0.25, 0.3) is 5.69 Å². The van der Waals surface area contributed by atoms with Crippen molar-refractivity contribution in [2.45, 2.75) is 26.3 Å². The molecule has 0 N–H and O–H groups in total. The van der Waals surface area contributed by atoms with E-state index in [2.05, 4.69) is 5.10 Å². The Morgan fingerprint density at radius 3 is 2.65 bits per heavy atom. The van der Waals surface area contributed by atoms with E-state index in [0.29, 0.717) is 24.5 Å². The molecule has 0 bridgehead atoms. The van der Waals surface area contributed by atoms with Crippen LogP contribution in [0.5, 0.6) is 0 Å². The van der Waals surface area contributed by atoms with Crippen LogP contribution in [0.3, 0.4) is 0 Å². The number of halogens is 2. The lowest BCUT2D eigenvalue weighted by molar-refractivity contribution is -0.131. The van der Waals surface area contributed by atoms with E-state index in [9.17, 15) is 9.59 Å². The maximum Gasteiger partial charge on any atom is 0.359 e. The lowest BCUT2D eigenvalue weighted by Gasteiger charge is -2.27. The first-order valence-electron chi connectivity index (χ1n) is 8.42. The molecule has 0 saturated heterocycles. The fraction of sp³-hybridized carbons (Fsp3) is 0.389. The summed E-state index contributed by atoms with van der Waals surface area (Å²) in [4.78, 5) is 26.3. The molecule has 2 heterocycles. The van der Waals surface area contributed by atoms with Crippen LogP contribution >= 0.6 is 23.2 Å². The normalized spacial score (nSPS) is 13.4. The van der Waals surface area contributed by atoms with Crippen molar-refractivity contribution < 1.29 is 14.3 Å². The Labute approximate surface area is 161 Å². The Morgan fingerprint density at radius 1 is 1.27 bits per heavy atom. The summed E-state index contributed by atoms with van der Waals surface area (Å²) >= 11 is 11.7. The summed E-state index contributed by atoms with van der Waals surface area (Å²) in [6.45, 7) is 2.89. The highest BCUT2D eigenvalue weighted by atomic mass is 35.5. The van der Waals surface area contributed by atoms with Crippen molar-refractivity contribution >= 4 is 35.1 Å². The minimum atomic E-state index is -0.483. The van der Waals surface area contributed by atoms with Gasteiger partial charge >= 0.3 is 5.97 Å². The Hall–Kier alpha value is -2.05. The largest absolute Gasteiger partial charge is 0.461 e. The number of carbonyl (C=O) groups is 2. The van der Waals surface area contributed by atoms with E-state index in [1.54, 1.807) is 28.6 Å². The van der Waals surface area contributed by atoms with Gasteiger partial charge in [0.25, 0.3) is 0 Å². The number of carbonyl (C=O) groups excluding carboxylic acids is 2. The molecular formula is C18H19Cl2N3O3. The lowest BCUT2D eigenvalue weighted by atomic mass is 10.0.